The maximum Gasteiger partial charge on any atom is 0.262 e. The van der Waals surface area contributed by atoms with Crippen LogP contribution in [-0.2, 0) is 14.3 Å². The number of anilines is 2. The van der Waals surface area contributed by atoms with Gasteiger partial charge in [-0.05, 0) is 69.1 Å². The molecule has 7 rings (SSSR count). The third kappa shape index (κ3) is 4.66. The van der Waals surface area contributed by atoms with Crippen LogP contribution in [0.15, 0.2) is 24.4 Å². The van der Waals surface area contributed by atoms with Crippen molar-refractivity contribution in [2.24, 2.45) is 5.92 Å². The molecule has 3 N–H and O–H groups in total. The van der Waals surface area contributed by atoms with Crippen molar-refractivity contribution in [2.45, 2.75) is 75.4 Å². The molecule has 1 aromatic carbocycles. The minimum Gasteiger partial charge on any atom is -0.385 e. The second-order valence-corrected chi connectivity index (χ2v) is 11.8. The Kier molecular flexibility index (Phi) is 6.33. The molecular weight excluding hydrogens is 512 g/mol. The summed E-state index contributed by atoms with van der Waals surface area (Å²) in [4.78, 5) is 50.8. The standard InChI is InChI=1S/C29H34N6O5/c36-25-6-5-24(27(37)32-25)35-28(38)21-4-3-19(13-22(21)29(35)39)30-14-16-11-20(12-16)34-15-23(26(33-34)17-1-2-17)31-18-7-9-40-10-8-18/h3-4,13,15-18,20,24,30-31H,1-2,5-12,14H2,(H,32,36,37). The van der Waals surface area contributed by atoms with E-state index in [0.29, 0.717) is 35.0 Å². The monoisotopic (exact) mass is 546 g/mol. The number of carbonyl (C=O) groups is 4. The molecular formula is C29H34N6O5. The molecule has 1 aromatic heterocycles. The normalized spacial score (nSPS) is 26.9. The Bertz CT molecular complexity index is 1370. The molecule has 4 fully saturated rings. The first-order valence-electron chi connectivity index (χ1n) is 14.5. The molecule has 4 heterocycles. The van der Waals surface area contributed by atoms with Gasteiger partial charge in [-0.2, -0.15) is 5.10 Å². The number of ether oxygens (including phenoxy) is 1. The zero-order valence-electron chi connectivity index (χ0n) is 22.4. The molecule has 0 bridgehead atoms. The Morgan fingerprint density at radius 3 is 2.50 bits per heavy atom. The molecule has 2 aromatic rings. The van der Waals surface area contributed by atoms with Crippen molar-refractivity contribution in [3.63, 3.8) is 0 Å². The topological polar surface area (TPSA) is 135 Å². The fourth-order valence-electron chi connectivity index (χ4n) is 6.35. The lowest BCUT2D eigenvalue weighted by Gasteiger charge is -2.35. The van der Waals surface area contributed by atoms with Crippen molar-refractivity contribution in [2.75, 3.05) is 30.4 Å². The van der Waals surface area contributed by atoms with E-state index in [9.17, 15) is 19.2 Å². The summed E-state index contributed by atoms with van der Waals surface area (Å²) in [5.74, 6) is -0.893. The Morgan fingerprint density at radius 1 is 0.975 bits per heavy atom. The van der Waals surface area contributed by atoms with Crippen molar-refractivity contribution in [3.05, 3.63) is 41.2 Å². The molecule has 0 radical (unpaired) electrons. The first kappa shape index (κ1) is 25.3. The fourth-order valence-corrected chi connectivity index (χ4v) is 6.35. The summed E-state index contributed by atoms with van der Waals surface area (Å²) in [5, 5.41) is 14.4. The van der Waals surface area contributed by atoms with E-state index in [2.05, 4.69) is 26.8 Å². The van der Waals surface area contributed by atoms with Crippen LogP contribution in [0, 0.1) is 5.92 Å². The van der Waals surface area contributed by atoms with E-state index in [1.807, 2.05) is 0 Å². The van der Waals surface area contributed by atoms with Crippen LogP contribution in [0.2, 0.25) is 0 Å². The quantitative estimate of drug-likeness (QED) is 0.431. The van der Waals surface area contributed by atoms with E-state index in [1.54, 1.807) is 18.2 Å². The molecule has 3 aliphatic heterocycles. The smallest absolute Gasteiger partial charge is 0.262 e. The lowest BCUT2D eigenvalue weighted by Crippen LogP contribution is -2.54. The number of piperidine rings is 1. The number of rotatable bonds is 8. The van der Waals surface area contributed by atoms with Crippen molar-refractivity contribution in [1.82, 2.24) is 20.0 Å². The summed E-state index contributed by atoms with van der Waals surface area (Å²) < 4.78 is 7.67. The second kappa shape index (κ2) is 10.0. The molecule has 40 heavy (non-hydrogen) atoms. The first-order valence-corrected chi connectivity index (χ1v) is 14.5. The maximum absolute atomic E-state index is 13.1. The van der Waals surface area contributed by atoms with Gasteiger partial charge in [-0.15, -0.1) is 0 Å². The molecule has 0 spiro atoms. The molecule has 1 unspecified atom stereocenters. The number of hydrogen-bond acceptors (Lipinski definition) is 8. The van der Waals surface area contributed by atoms with Gasteiger partial charge in [0.2, 0.25) is 11.8 Å². The first-order chi connectivity index (χ1) is 19.4. The van der Waals surface area contributed by atoms with Crippen LogP contribution < -0.4 is 16.0 Å². The van der Waals surface area contributed by atoms with Crippen LogP contribution in [0.4, 0.5) is 11.4 Å². The predicted molar refractivity (Wildman–Crippen MR) is 145 cm³/mol. The maximum atomic E-state index is 13.1. The van der Waals surface area contributed by atoms with Gasteiger partial charge < -0.3 is 15.4 Å². The molecule has 11 nitrogen and oxygen atoms in total. The van der Waals surface area contributed by atoms with Gasteiger partial charge in [0.05, 0.1) is 28.6 Å². The highest BCUT2D eigenvalue weighted by Crippen LogP contribution is 2.45. The number of fused-ring (bicyclic) bond motifs is 1. The zero-order valence-corrected chi connectivity index (χ0v) is 22.4. The third-order valence-electron chi connectivity index (χ3n) is 8.93. The SMILES string of the molecule is O=C1CCC(N2C(=O)c3ccc(NCC4CC(n5cc(NC6CCOCC6)c(C6CC6)n5)C4)cc3C2=O)C(=O)N1. The highest BCUT2D eigenvalue weighted by atomic mass is 16.5. The third-order valence-corrected chi connectivity index (χ3v) is 8.93. The van der Waals surface area contributed by atoms with E-state index < -0.39 is 23.8 Å². The van der Waals surface area contributed by atoms with Crippen LogP contribution in [0.5, 0.6) is 0 Å². The van der Waals surface area contributed by atoms with Crippen molar-refractivity contribution < 1.29 is 23.9 Å². The van der Waals surface area contributed by atoms with Crippen molar-refractivity contribution >= 4 is 35.0 Å². The van der Waals surface area contributed by atoms with Crippen LogP contribution >= 0.6 is 0 Å². The van der Waals surface area contributed by atoms with E-state index in [-0.39, 0.29) is 18.7 Å². The second-order valence-electron chi connectivity index (χ2n) is 11.8. The van der Waals surface area contributed by atoms with Crippen LogP contribution in [0.3, 0.4) is 0 Å². The summed E-state index contributed by atoms with van der Waals surface area (Å²) in [6, 6.07) is 5.02. The average molecular weight is 547 g/mol. The number of aromatic nitrogens is 2. The van der Waals surface area contributed by atoms with Gasteiger partial charge in [0.25, 0.3) is 11.8 Å². The minimum absolute atomic E-state index is 0.104. The fraction of sp³-hybridized carbons (Fsp3) is 0.552. The Hall–Kier alpha value is -3.73. The Labute approximate surface area is 232 Å². The molecule has 2 saturated heterocycles. The number of benzene rings is 1. The summed E-state index contributed by atoms with van der Waals surface area (Å²) >= 11 is 0. The minimum atomic E-state index is -0.955. The summed E-state index contributed by atoms with van der Waals surface area (Å²) in [6.45, 7) is 2.39. The molecule has 2 saturated carbocycles. The van der Waals surface area contributed by atoms with Crippen LogP contribution in [-0.4, -0.2) is 70.2 Å². The van der Waals surface area contributed by atoms with Crippen molar-refractivity contribution in [1.29, 1.82) is 0 Å². The molecule has 11 heteroatoms. The number of nitrogens with one attached hydrogen (secondary N) is 3. The Balaban J connectivity index is 0.954. The van der Waals surface area contributed by atoms with E-state index in [4.69, 9.17) is 9.84 Å². The van der Waals surface area contributed by atoms with E-state index in [1.165, 1.54) is 24.2 Å². The van der Waals surface area contributed by atoms with Crippen LogP contribution in [0.25, 0.3) is 0 Å². The molecule has 5 aliphatic rings. The summed E-state index contributed by atoms with van der Waals surface area (Å²) in [7, 11) is 0. The molecule has 1 atom stereocenters. The van der Waals surface area contributed by atoms with Gasteiger partial charge in [-0.25, -0.2) is 0 Å². The van der Waals surface area contributed by atoms with Crippen molar-refractivity contribution in [3.8, 4) is 0 Å². The molecule has 4 amide bonds. The number of carbonyl (C=O) groups excluding carboxylic acids is 4. The summed E-state index contributed by atoms with van der Waals surface area (Å²) in [5.41, 5.74) is 3.77. The van der Waals surface area contributed by atoms with Gasteiger partial charge in [0, 0.05) is 50.0 Å². The highest BCUT2D eigenvalue weighted by Gasteiger charge is 2.44. The van der Waals surface area contributed by atoms with Crippen LogP contribution in [0.1, 0.15) is 89.7 Å². The Morgan fingerprint density at radius 2 is 1.75 bits per heavy atom. The van der Waals surface area contributed by atoms with Gasteiger partial charge in [0.1, 0.15) is 6.04 Å². The number of imide groups is 2. The van der Waals surface area contributed by atoms with E-state index in [0.717, 1.165) is 56.0 Å². The molecule has 210 valence electrons. The zero-order chi connectivity index (χ0) is 27.4. The van der Waals surface area contributed by atoms with Gasteiger partial charge in [-0.1, -0.05) is 0 Å². The van der Waals surface area contributed by atoms with Gasteiger partial charge >= 0.3 is 0 Å². The predicted octanol–water partition coefficient (Wildman–Crippen LogP) is 2.82. The summed E-state index contributed by atoms with van der Waals surface area (Å²) in [6.07, 6.45) is 9.02. The van der Waals surface area contributed by atoms with Gasteiger partial charge in [0.15, 0.2) is 0 Å². The largest absolute Gasteiger partial charge is 0.385 e. The lowest BCUT2D eigenvalue weighted by atomic mass is 9.80. The van der Waals surface area contributed by atoms with E-state index >= 15 is 0 Å². The number of amides is 4. The number of hydrogen-bond donors (Lipinski definition) is 3. The van der Waals surface area contributed by atoms with Gasteiger partial charge in [-0.3, -0.25) is 34.1 Å². The number of nitrogens with zero attached hydrogens (tertiary/aromatic N) is 3. The lowest BCUT2D eigenvalue weighted by molar-refractivity contribution is -0.136. The average Bonchev–Trinajstić information content (AvgIpc) is 3.64. The molecule has 2 aliphatic carbocycles. The highest BCUT2D eigenvalue weighted by molar-refractivity contribution is 6.23.